The summed E-state index contributed by atoms with van der Waals surface area (Å²) in [5.41, 5.74) is 0. The topological polar surface area (TPSA) is 64.1 Å². The van der Waals surface area contributed by atoms with Crippen molar-refractivity contribution in [3.63, 3.8) is 0 Å². The predicted octanol–water partition coefficient (Wildman–Crippen LogP) is 3.00. The lowest BCUT2D eigenvalue weighted by Crippen LogP contribution is -2.13. The van der Waals surface area contributed by atoms with Gasteiger partial charge in [-0.2, -0.15) is 0 Å². The number of amides is 1. The second kappa shape index (κ2) is 7.45. The van der Waals surface area contributed by atoms with Crippen LogP contribution < -0.4 is 5.32 Å². The first kappa shape index (κ1) is 13.2. The normalized spacial score (nSPS) is 10.1. The van der Waals surface area contributed by atoms with Gasteiger partial charge in [0.25, 0.3) is 0 Å². The van der Waals surface area contributed by atoms with Crippen molar-refractivity contribution in [1.82, 2.24) is 10.2 Å². The second-order valence-corrected chi connectivity index (χ2v) is 5.30. The van der Waals surface area contributed by atoms with E-state index in [1.807, 2.05) is 6.92 Å². The Bertz CT molecular complexity index is 330. The molecule has 16 heavy (non-hydrogen) atoms. The van der Waals surface area contributed by atoms with Crippen LogP contribution in [0.5, 0.6) is 0 Å². The zero-order chi connectivity index (χ0) is 11.8. The summed E-state index contributed by atoms with van der Waals surface area (Å²) >= 11 is 3.00. The van der Waals surface area contributed by atoms with Crippen LogP contribution in [0.4, 0.5) is 9.93 Å². The number of nitrogens with zero attached hydrogens (tertiary/aromatic N) is 2. The number of thioether (sulfide) groups is 1. The van der Waals surface area contributed by atoms with Crippen molar-refractivity contribution in [1.29, 1.82) is 0 Å². The number of hydrogen-bond donors (Lipinski definition) is 1. The molecule has 0 aliphatic rings. The molecule has 0 radical (unpaired) electrons. The van der Waals surface area contributed by atoms with Gasteiger partial charge in [-0.3, -0.25) is 5.32 Å². The van der Waals surface area contributed by atoms with E-state index in [0.717, 1.165) is 22.9 Å². The van der Waals surface area contributed by atoms with Crippen LogP contribution in [-0.4, -0.2) is 28.7 Å². The molecule has 1 N–H and O–H groups in total. The SMILES string of the molecule is CCCOC(=O)Nc1nnc(SCCC)s1. The summed E-state index contributed by atoms with van der Waals surface area (Å²) in [5, 5.41) is 10.8. The van der Waals surface area contributed by atoms with Crippen molar-refractivity contribution in [3.8, 4) is 0 Å². The van der Waals surface area contributed by atoms with E-state index in [1.165, 1.54) is 11.3 Å². The van der Waals surface area contributed by atoms with Crippen LogP contribution in [0.15, 0.2) is 4.34 Å². The van der Waals surface area contributed by atoms with Crippen LogP contribution in [-0.2, 0) is 4.74 Å². The summed E-state index contributed by atoms with van der Waals surface area (Å²) in [5.74, 6) is 1.01. The number of nitrogens with one attached hydrogen (secondary N) is 1. The Morgan fingerprint density at radius 3 is 2.94 bits per heavy atom. The fourth-order valence-corrected chi connectivity index (χ4v) is 2.49. The van der Waals surface area contributed by atoms with E-state index in [-0.39, 0.29) is 0 Å². The molecule has 5 nitrogen and oxygen atoms in total. The average Bonchev–Trinajstić information content (AvgIpc) is 2.71. The highest BCUT2D eigenvalue weighted by Crippen LogP contribution is 2.25. The number of aromatic nitrogens is 2. The third-order valence-corrected chi connectivity index (χ3v) is 3.66. The summed E-state index contributed by atoms with van der Waals surface area (Å²) < 4.78 is 5.74. The van der Waals surface area contributed by atoms with Gasteiger partial charge in [0.05, 0.1) is 6.61 Å². The summed E-state index contributed by atoms with van der Waals surface area (Å²) in [6, 6.07) is 0. The predicted molar refractivity (Wildman–Crippen MR) is 66.2 cm³/mol. The molecule has 1 rings (SSSR count). The molecule has 1 amide bonds. The van der Waals surface area contributed by atoms with E-state index in [0.29, 0.717) is 11.7 Å². The zero-order valence-electron chi connectivity index (χ0n) is 9.36. The summed E-state index contributed by atoms with van der Waals surface area (Å²) in [7, 11) is 0. The maximum absolute atomic E-state index is 11.2. The van der Waals surface area contributed by atoms with E-state index < -0.39 is 6.09 Å². The van der Waals surface area contributed by atoms with E-state index in [4.69, 9.17) is 4.74 Å². The largest absolute Gasteiger partial charge is 0.449 e. The van der Waals surface area contributed by atoms with Gasteiger partial charge in [-0.15, -0.1) is 10.2 Å². The summed E-state index contributed by atoms with van der Waals surface area (Å²) in [6.45, 7) is 4.47. The van der Waals surface area contributed by atoms with Gasteiger partial charge in [0.1, 0.15) is 0 Å². The first-order chi connectivity index (χ1) is 7.76. The Balaban J connectivity index is 2.36. The molecule has 0 bridgehead atoms. The molecule has 0 saturated carbocycles. The van der Waals surface area contributed by atoms with Crippen LogP contribution in [0.1, 0.15) is 26.7 Å². The van der Waals surface area contributed by atoms with Crippen LogP contribution in [0.25, 0.3) is 0 Å². The first-order valence-corrected chi connectivity index (χ1v) is 6.96. The Kier molecular flexibility index (Phi) is 6.17. The number of rotatable bonds is 6. The molecule has 7 heteroatoms. The van der Waals surface area contributed by atoms with E-state index >= 15 is 0 Å². The maximum Gasteiger partial charge on any atom is 0.413 e. The van der Waals surface area contributed by atoms with Gasteiger partial charge in [0.2, 0.25) is 5.13 Å². The molecule has 1 heterocycles. The fourth-order valence-electron chi connectivity index (χ4n) is 0.826. The molecule has 0 spiro atoms. The van der Waals surface area contributed by atoms with Crippen molar-refractivity contribution < 1.29 is 9.53 Å². The molecule has 0 fully saturated rings. The standard InChI is InChI=1S/C9H15N3O2S2/c1-3-5-14-8(13)10-7-11-12-9(16-7)15-6-4-2/h3-6H2,1-2H3,(H,10,11,13). The second-order valence-electron chi connectivity index (χ2n) is 2.98. The van der Waals surface area contributed by atoms with Crippen molar-refractivity contribution in [2.45, 2.75) is 31.0 Å². The van der Waals surface area contributed by atoms with Gasteiger partial charge in [0.15, 0.2) is 4.34 Å². The van der Waals surface area contributed by atoms with Gasteiger partial charge in [0, 0.05) is 5.75 Å². The fraction of sp³-hybridized carbons (Fsp3) is 0.667. The number of hydrogen-bond acceptors (Lipinski definition) is 6. The molecule has 0 aliphatic heterocycles. The Morgan fingerprint density at radius 1 is 1.44 bits per heavy atom. The highest BCUT2D eigenvalue weighted by atomic mass is 32.2. The highest BCUT2D eigenvalue weighted by Gasteiger charge is 2.08. The van der Waals surface area contributed by atoms with Crippen molar-refractivity contribution in [2.75, 3.05) is 17.7 Å². The third kappa shape index (κ3) is 4.80. The molecule has 0 unspecified atom stereocenters. The Hall–Kier alpha value is -0.820. The Labute approximate surface area is 103 Å². The quantitative estimate of drug-likeness (QED) is 0.630. The molecule has 0 aliphatic carbocycles. The lowest BCUT2D eigenvalue weighted by Gasteiger charge is -2.01. The highest BCUT2D eigenvalue weighted by molar-refractivity contribution is 8.01. The van der Waals surface area contributed by atoms with Gasteiger partial charge in [-0.1, -0.05) is 36.9 Å². The van der Waals surface area contributed by atoms with Gasteiger partial charge in [-0.05, 0) is 12.8 Å². The summed E-state index contributed by atoms with van der Waals surface area (Å²) in [6.07, 6.45) is 1.43. The number of carbonyl (C=O) groups excluding carboxylic acids is 1. The monoisotopic (exact) mass is 261 g/mol. The molecular weight excluding hydrogens is 246 g/mol. The molecule has 0 aromatic carbocycles. The number of carbonyl (C=O) groups is 1. The smallest absolute Gasteiger partial charge is 0.413 e. The van der Waals surface area contributed by atoms with Crippen molar-refractivity contribution in [2.24, 2.45) is 0 Å². The minimum absolute atomic E-state index is 0.419. The van der Waals surface area contributed by atoms with Gasteiger partial charge in [-0.25, -0.2) is 4.79 Å². The van der Waals surface area contributed by atoms with Crippen LogP contribution >= 0.6 is 23.1 Å². The minimum Gasteiger partial charge on any atom is -0.449 e. The lowest BCUT2D eigenvalue weighted by molar-refractivity contribution is 0.161. The van der Waals surface area contributed by atoms with Gasteiger partial charge >= 0.3 is 6.09 Å². The molecule has 0 atom stereocenters. The third-order valence-electron chi connectivity index (χ3n) is 1.48. The minimum atomic E-state index is -0.468. The first-order valence-electron chi connectivity index (χ1n) is 5.16. The van der Waals surface area contributed by atoms with Crippen molar-refractivity contribution >= 4 is 34.3 Å². The average molecular weight is 261 g/mol. The number of anilines is 1. The summed E-state index contributed by atoms with van der Waals surface area (Å²) in [4.78, 5) is 11.2. The lowest BCUT2D eigenvalue weighted by atomic mass is 10.5. The van der Waals surface area contributed by atoms with Crippen LogP contribution in [0.2, 0.25) is 0 Å². The molecule has 1 aromatic heterocycles. The number of ether oxygens (including phenoxy) is 1. The molecule has 0 saturated heterocycles. The zero-order valence-corrected chi connectivity index (χ0v) is 11.0. The van der Waals surface area contributed by atoms with Crippen LogP contribution in [0.3, 0.4) is 0 Å². The van der Waals surface area contributed by atoms with E-state index in [1.54, 1.807) is 11.8 Å². The van der Waals surface area contributed by atoms with E-state index in [9.17, 15) is 4.79 Å². The maximum atomic E-state index is 11.2. The molecule has 1 aromatic rings. The molecular formula is C9H15N3O2S2. The van der Waals surface area contributed by atoms with E-state index in [2.05, 4.69) is 22.4 Å². The van der Waals surface area contributed by atoms with Crippen LogP contribution in [0, 0.1) is 0 Å². The van der Waals surface area contributed by atoms with Crippen molar-refractivity contribution in [3.05, 3.63) is 0 Å². The van der Waals surface area contributed by atoms with Gasteiger partial charge < -0.3 is 4.74 Å². The molecule has 90 valence electrons. The Morgan fingerprint density at radius 2 is 2.25 bits per heavy atom.